The number of fused-ring (bicyclic) bond motifs is 1. The summed E-state index contributed by atoms with van der Waals surface area (Å²) in [7, 11) is 0. The average molecular weight is 614 g/mol. The highest BCUT2D eigenvalue weighted by Gasteiger charge is 2.17. The first kappa shape index (κ1) is 31.3. The lowest BCUT2D eigenvalue weighted by molar-refractivity contribution is -0.115. The summed E-state index contributed by atoms with van der Waals surface area (Å²) in [5.74, 6) is -0.543. The molecule has 1 unspecified atom stereocenters. The minimum Gasteiger partial charge on any atom is -0.325 e. The Morgan fingerprint density at radius 3 is 2.00 bits per heavy atom. The highest BCUT2D eigenvalue weighted by molar-refractivity contribution is 8.00. The lowest BCUT2D eigenvalue weighted by Crippen LogP contribution is -2.30. The molecule has 6 nitrogen and oxygen atoms in total. The monoisotopic (exact) mass is 613 g/mol. The number of benzene rings is 5. The number of carbonyl (C=O) groups is 3. The molecular weight excluding hydrogens is 579 g/mol. The van der Waals surface area contributed by atoms with Crippen molar-refractivity contribution in [2.75, 3.05) is 10.6 Å². The number of nitrogens with one attached hydrogen (secondary N) is 3. The van der Waals surface area contributed by atoms with E-state index in [1.54, 1.807) is 42.5 Å². The third-order valence-corrected chi connectivity index (χ3v) is 8.37. The van der Waals surface area contributed by atoms with Crippen molar-refractivity contribution < 1.29 is 14.4 Å². The van der Waals surface area contributed by atoms with Gasteiger partial charge in [-0.1, -0.05) is 86.6 Å². The zero-order valence-electron chi connectivity index (χ0n) is 25.4. The normalized spacial score (nSPS) is 12.0. The molecule has 0 fully saturated rings. The number of amides is 3. The summed E-state index contributed by atoms with van der Waals surface area (Å²) in [6.45, 7) is 6.10. The van der Waals surface area contributed by atoms with Crippen LogP contribution < -0.4 is 16.0 Å². The van der Waals surface area contributed by atoms with Gasteiger partial charge in [0.05, 0.1) is 5.25 Å². The Morgan fingerprint density at radius 1 is 0.667 bits per heavy atom. The van der Waals surface area contributed by atoms with Gasteiger partial charge in [-0.05, 0) is 89.3 Å². The molecule has 0 spiro atoms. The van der Waals surface area contributed by atoms with Gasteiger partial charge in [0.15, 0.2) is 0 Å². The van der Waals surface area contributed by atoms with Crippen LogP contribution in [0.2, 0.25) is 0 Å². The molecule has 45 heavy (non-hydrogen) atoms. The van der Waals surface area contributed by atoms with Gasteiger partial charge in [-0.2, -0.15) is 0 Å². The molecule has 1 atom stereocenters. The first-order valence-corrected chi connectivity index (χ1v) is 15.7. The van der Waals surface area contributed by atoms with E-state index in [-0.39, 0.29) is 22.8 Å². The van der Waals surface area contributed by atoms with E-state index in [0.29, 0.717) is 17.2 Å². The fourth-order valence-electron chi connectivity index (χ4n) is 4.67. The zero-order valence-corrected chi connectivity index (χ0v) is 26.2. The van der Waals surface area contributed by atoms with Gasteiger partial charge in [-0.25, -0.2) is 0 Å². The van der Waals surface area contributed by atoms with E-state index in [4.69, 9.17) is 0 Å². The molecule has 0 aliphatic rings. The lowest BCUT2D eigenvalue weighted by atomic mass is 10.0. The molecule has 5 aromatic rings. The topological polar surface area (TPSA) is 87.3 Å². The molecule has 0 aliphatic heterocycles. The highest BCUT2D eigenvalue weighted by atomic mass is 32.2. The van der Waals surface area contributed by atoms with Gasteiger partial charge in [0, 0.05) is 21.8 Å². The predicted octanol–water partition coefficient (Wildman–Crippen LogP) is 8.49. The fourth-order valence-corrected chi connectivity index (χ4v) is 5.54. The van der Waals surface area contributed by atoms with Crippen LogP contribution in [0.3, 0.4) is 0 Å². The molecule has 0 radical (unpaired) electrons. The van der Waals surface area contributed by atoms with Crippen LogP contribution in [0.1, 0.15) is 48.2 Å². The van der Waals surface area contributed by atoms with Crippen molar-refractivity contribution in [2.24, 2.45) is 0 Å². The second-order valence-corrected chi connectivity index (χ2v) is 12.4. The van der Waals surface area contributed by atoms with E-state index < -0.39 is 5.91 Å². The van der Waals surface area contributed by atoms with Crippen LogP contribution in [0, 0.1) is 0 Å². The molecule has 0 aliphatic carbocycles. The number of hydrogen-bond donors (Lipinski definition) is 3. The maximum atomic E-state index is 13.4. The van der Waals surface area contributed by atoms with Gasteiger partial charge in [-0.15, -0.1) is 11.8 Å². The SMILES string of the molecule is CC(Sc1ccc(NC(=O)/C(=C/c2ccc(C(C)C)cc2)NC(=O)c2ccccc2)cc1)C(=O)Nc1ccc2ccccc2c1. The third kappa shape index (κ3) is 8.49. The van der Waals surface area contributed by atoms with E-state index in [0.717, 1.165) is 26.9 Å². The molecular formula is C38H35N3O3S. The Hall–Kier alpha value is -5.14. The number of hydrogen-bond acceptors (Lipinski definition) is 4. The quantitative estimate of drug-likeness (QED) is 0.109. The molecule has 7 heteroatoms. The van der Waals surface area contributed by atoms with Crippen molar-refractivity contribution in [3.8, 4) is 0 Å². The smallest absolute Gasteiger partial charge is 0.272 e. The highest BCUT2D eigenvalue weighted by Crippen LogP contribution is 2.27. The maximum absolute atomic E-state index is 13.4. The number of thioether (sulfide) groups is 1. The summed E-state index contributed by atoms with van der Waals surface area (Å²) in [5.41, 5.74) is 3.87. The molecule has 0 bridgehead atoms. The summed E-state index contributed by atoms with van der Waals surface area (Å²) in [5, 5.41) is 10.5. The van der Waals surface area contributed by atoms with Crippen LogP contribution in [0.5, 0.6) is 0 Å². The third-order valence-electron chi connectivity index (χ3n) is 7.25. The molecule has 0 heterocycles. The van der Waals surface area contributed by atoms with Gasteiger partial charge < -0.3 is 16.0 Å². The second kappa shape index (κ2) is 14.6. The van der Waals surface area contributed by atoms with Gasteiger partial charge >= 0.3 is 0 Å². The first-order valence-electron chi connectivity index (χ1n) is 14.8. The van der Waals surface area contributed by atoms with E-state index >= 15 is 0 Å². The van der Waals surface area contributed by atoms with Gasteiger partial charge in [0.1, 0.15) is 5.70 Å². The van der Waals surface area contributed by atoms with Crippen molar-refractivity contribution >= 4 is 57.7 Å². The van der Waals surface area contributed by atoms with E-state index in [9.17, 15) is 14.4 Å². The lowest BCUT2D eigenvalue weighted by Gasteiger charge is -2.14. The first-order chi connectivity index (χ1) is 21.7. The minimum absolute atomic E-state index is 0.0991. The molecule has 3 amide bonds. The van der Waals surface area contributed by atoms with Crippen LogP contribution in [-0.4, -0.2) is 23.0 Å². The fraction of sp³-hybridized carbons (Fsp3) is 0.132. The standard InChI is InChI=1S/C38H35N3O3S/c1-25(2)28-15-13-27(14-16-28)23-35(41-37(43)30-10-5-4-6-11-30)38(44)39-32-19-21-34(22-20-32)45-26(3)36(42)40-33-18-17-29-9-7-8-12-31(29)24-33/h4-26H,1-3H3,(H,39,44)(H,40,42)(H,41,43)/b35-23-. The van der Waals surface area contributed by atoms with Crippen LogP contribution in [0.25, 0.3) is 16.8 Å². The Bertz CT molecular complexity index is 1830. The molecule has 0 saturated carbocycles. The van der Waals surface area contributed by atoms with Crippen LogP contribution in [0.15, 0.2) is 132 Å². The number of anilines is 2. The Balaban J connectivity index is 1.24. The van der Waals surface area contributed by atoms with E-state index in [1.165, 1.54) is 17.3 Å². The van der Waals surface area contributed by atoms with Crippen molar-refractivity contribution in [1.29, 1.82) is 0 Å². The van der Waals surface area contributed by atoms with Crippen molar-refractivity contribution in [2.45, 2.75) is 36.8 Å². The summed E-state index contributed by atoms with van der Waals surface area (Å²) >= 11 is 1.43. The largest absolute Gasteiger partial charge is 0.325 e. The molecule has 5 rings (SSSR count). The van der Waals surface area contributed by atoms with Gasteiger partial charge in [0.25, 0.3) is 11.8 Å². The maximum Gasteiger partial charge on any atom is 0.272 e. The van der Waals surface area contributed by atoms with Crippen molar-refractivity contribution in [1.82, 2.24) is 5.32 Å². The van der Waals surface area contributed by atoms with Crippen molar-refractivity contribution in [3.63, 3.8) is 0 Å². The van der Waals surface area contributed by atoms with Crippen molar-refractivity contribution in [3.05, 3.63) is 144 Å². The summed E-state index contributed by atoms with van der Waals surface area (Å²) in [6.07, 6.45) is 1.67. The summed E-state index contributed by atoms with van der Waals surface area (Å²) in [4.78, 5) is 40.2. The summed E-state index contributed by atoms with van der Waals surface area (Å²) in [6, 6.07) is 37.8. The van der Waals surface area contributed by atoms with E-state index in [1.807, 2.05) is 91.9 Å². The molecule has 3 N–H and O–H groups in total. The number of rotatable bonds is 10. The molecule has 0 aromatic heterocycles. The molecule has 226 valence electrons. The van der Waals surface area contributed by atoms with Crippen LogP contribution in [0.4, 0.5) is 11.4 Å². The summed E-state index contributed by atoms with van der Waals surface area (Å²) < 4.78 is 0. The predicted molar refractivity (Wildman–Crippen MR) is 185 cm³/mol. The zero-order chi connectivity index (χ0) is 31.8. The average Bonchev–Trinajstić information content (AvgIpc) is 3.05. The Labute approximate surface area is 268 Å². The van der Waals surface area contributed by atoms with Gasteiger partial charge in [-0.3, -0.25) is 14.4 Å². The Kier molecular flexibility index (Phi) is 10.1. The van der Waals surface area contributed by atoms with Crippen LogP contribution in [-0.2, 0) is 9.59 Å². The van der Waals surface area contributed by atoms with Gasteiger partial charge in [0.2, 0.25) is 5.91 Å². The minimum atomic E-state index is -0.448. The van der Waals surface area contributed by atoms with Crippen LogP contribution >= 0.6 is 11.8 Å². The van der Waals surface area contributed by atoms with E-state index in [2.05, 4.69) is 29.8 Å². The number of carbonyl (C=O) groups excluding carboxylic acids is 3. The second-order valence-electron chi connectivity index (χ2n) is 11.0. The Morgan fingerprint density at radius 2 is 1.31 bits per heavy atom. The molecule has 0 saturated heterocycles. The molecule has 5 aromatic carbocycles.